The van der Waals surface area contributed by atoms with Crippen molar-refractivity contribution in [1.29, 1.82) is 0 Å². The largest absolute Gasteiger partial charge is 0.507 e. The maximum Gasteiger partial charge on any atom is 0.301 e. The number of fused-ring (bicyclic) bond motifs is 1. The third-order valence-electron chi connectivity index (χ3n) is 5.68. The third kappa shape index (κ3) is 3.56. The van der Waals surface area contributed by atoms with Gasteiger partial charge in [-0.1, -0.05) is 71.5 Å². The molecule has 1 aliphatic heterocycles. The van der Waals surface area contributed by atoms with E-state index >= 15 is 0 Å². The second-order valence-corrected chi connectivity index (χ2v) is 8.79. The average molecular weight is 457 g/mol. The zero-order valence-corrected chi connectivity index (χ0v) is 18.8. The number of hydrogen-bond donors (Lipinski definition) is 1. The van der Waals surface area contributed by atoms with Gasteiger partial charge in [0.2, 0.25) is 0 Å². The number of benzene rings is 3. The summed E-state index contributed by atoms with van der Waals surface area (Å²) in [5.74, 6) is -0.978. The number of rotatable bonds is 4. The van der Waals surface area contributed by atoms with Gasteiger partial charge in [0.15, 0.2) is 5.13 Å². The molecule has 1 saturated heterocycles. The first kappa shape index (κ1) is 20.9. The number of methoxy groups -OCH3 is 1. The number of thiazole rings is 1. The van der Waals surface area contributed by atoms with Crippen LogP contribution in [0.25, 0.3) is 16.0 Å². The van der Waals surface area contributed by atoms with Gasteiger partial charge in [-0.25, -0.2) is 4.98 Å². The lowest BCUT2D eigenvalue weighted by Gasteiger charge is -2.22. The number of carbonyl (C=O) groups is 2. The predicted octanol–water partition coefficient (Wildman–Crippen LogP) is 5.24. The topological polar surface area (TPSA) is 79.7 Å². The second kappa shape index (κ2) is 8.18. The molecule has 0 unspecified atom stereocenters. The molecule has 1 amide bonds. The summed E-state index contributed by atoms with van der Waals surface area (Å²) in [6.45, 7) is 1.94. The van der Waals surface area contributed by atoms with E-state index in [-0.39, 0.29) is 11.3 Å². The molecule has 1 aliphatic rings. The fourth-order valence-electron chi connectivity index (χ4n) is 3.97. The molecule has 6 nitrogen and oxygen atoms in total. The molecule has 5 rings (SSSR count). The van der Waals surface area contributed by atoms with E-state index in [1.54, 1.807) is 25.3 Å². The third-order valence-corrected chi connectivity index (χ3v) is 6.69. The standard InChI is InChI=1S/C26H20N2O4S/c1-15-8-10-17(11-9-15)23(29)21-22(16-6-4-3-5-7-16)28(25(31)24(21)30)26-27-19-13-12-18(32-2)14-20(19)33-26/h3-14,22,29H,1-2H3/t22-/m0/s1. The normalized spacial score (nSPS) is 17.6. The van der Waals surface area contributed by atoms with E-state index < -0.39 is 17.7 Å². The highest BCUT2D eigenvalue weighted by Gasteiger charge is 2.48. The molecule has 0 spiro atoms. The molecular formula is C26H20N2O4S. The second-order valence-electron chi connectivity index (χ2n) is 7.78. The van der Waals surface area contributed by atoms with Crippen LogP contribution in [0.1, 0.15) is 22.7 Å². The quantitative estimate of drug-likeness (QED) is 0.258. The molecule has 4 aromatic rings. The van der Waals surface area contributed by atoms with Crippen LogP contribution in [0.5, 0.6) is 5.75 Å². The fourth-order valence-corrected chi connectivity index (χ4v) is 4.99. The molecule has 1 aromatic heterocycles. The van der Waals surface area contributed by atoms with Crippen LogP contribution in [0.2, 0.25) is 0 Å². The van der Waals surface area contributed by atoms with Gasteiger partial charge in [0.1, 0.15) is 11.5 Å². The number of Topliss-reactive ketones (excluding diaryl/α,β-unsaturated/α-hetero) is 1. The first-order valence-corrected chi connectivity index (χ1v) is 11.2. The molecular weight excluding hydrogens is 436 g/mol. The molecule has 164 valence electrons. The van der Waals surface area contributed by atoms with E-state index in [2.05, 4.69) is 4.98 Å². The lowest BCUT2D eigenvalue weighted by atomic mass is 9.95. The van der Waals surface area contributed by atoms with Crippen molar-refractivity contribution in [3.8, 4) is 5.75 Å². The summed E-state index contributed by atoms with van der Waals surface area (Å²) in [7, 11) is 1.59. The van der Waals surface area contributed by atoms with E-state index in [9.17, 15) is 14.7 Å². The average Bonchev–Trinajstić information content (AvgIpc) is 3.37. The van der Waals surface area contributed by atoms with E-state index in [0.717, 1.165) is 10.3 Å². The lowest BCUT2D eigenvalue weighted by Crippen LogP contribution is -2.29. The van der Waals surface area contributed by atoms with Crippen LogP contribution in [0.3, 0.4) is 0 Å². The van der Waals surface area contributed by atoms with Crippen LogP contribution in [0.15, 0.2) is 78.4 Å². The highest BCUT2D eigenvalue weighted by molar-refractivity contribution is 7.22. The number of aliphatic hydroxyl groups is 1. The maximum absolute atomic E-state index is 13.3. The molecule has 0 saturated carbocycles. The molecule has 7 heteroatoms. The Kier molecular flexibility index (Phi) is 5.18. The summed E-state index contributed by atoms with van der Waals surface area (Å²) in [5.41, 5.74) is 2.96. The number of aryl methyl sites for hydroxylation is 1. The van der Waals surface area contributed by atoms with Crippen molar-refractivity contribution < 1.29 is 19.4 Å². The first-order chi connectivity index (χ1) is 16.0. The Hall–Kier alpha value is -3.97. The number of amides is 1. The van der Waals surface area contributed by atoms with Gasteiger partial charge >= 0.3 is 5.91 Å². The van der Waals surface area contributed by atoms with Crippen molar-refractivity contribution in [3.63, 3.8) is 0 Å². The molecule has 33 heavy (non-hydrogen) atoms. The van der Waals surface area contributed by atoms with Gasteiger partial charge in [0.05, 0.1) is 28.9 Å². The summed E-state index contributed by atoms with van der Waals surface area (Å²) in [4.78, 5) is 32.5. The number of aromatic nitrogens is 1. The number of nitrogens with zero attached hydrogens (tertiary/aromatic N) is 2. The van der Waals surface area contributed by atoms with Gasteiger partial charge in [-0.3, -0.25) is 14.5 Å². The van der Waals surface area contributed by atoms with Crippen LogP contribution in [-0.2, 0) is 9.59 Å². The monoisotopic (exact) mass is 456 g/mol. The Morgan fingerprint density at radius 1 is 1.03 bits per heavy atom. The molecule has 1 fully saturated rings. The number of carbonyl (C=O) groups excluding carboxylic acids is 2. The molecule has 1 N–H and O–H groups in total. The summed E-state index contributed by atoms with van der Waals surface area (Å²) in [6.07, 6.45) is 0. The van der Waals surface area contributed by atoms with Crippen molar-refractivity contribution in [2.24, 2.45) is 0 Å². The molecule has 0 bridgehead atoms. The fraction of sp³-hybridized carbons (Fsp3) is 0.115. The van der Waals surface area contributed by atoms with Gasteiger partial charge in [-0.15, -0.1) is 0 Å². The van der Waals surface area contributed by atoms with E-state index in [1.807, 2.05) is 61.5 Å². The Bertz CT molecular complexity index is 1410. The number of hydrogen-bond acceptors (Lipinski definition) is 6. The van der Waals surface area contributed by atoms with E-state index in [0.29, 0.717) is 27.5 Å². The molecule has 1 atom stereocenters. The number of ketones is 1. The Morgan fingerprint density at radius 2 is 1.76 bits per heavy atom. The predicted molar refractivity (Wildman–Crippen MR) is 129 cm³/mol. The van der Waals surface area contributed by atoms with Crippen LogP contribution in [0.4, 0.5) is 5.13 Å². The van der Waals surface area contributed by atoms with Gasteiger partial charge in [0.25, 0.3) is 5.78 Å². The first-order valence-electron chi connectivity index (χ1n) is 10.4. The maximum atomic E-state index is 13.3. The minimum Gasteiger partial charge on any atom is -0.507 e. The van der Waals surface area contributed by atoms with Crippen molar-refractivity contribution in [2.75, 3.05) is 12.0 Å². The Balaban J connectivity index is 1.71. The summed E-state index contributed by atoms with van der Waals surface area (Å²) < 4.78 is 6.13. The summed E-state index contributed by atoms with van der Waals surface area (Å²) in [6, 6.07) is 21.0. The highest BCUT2D eigenvalue weighted by Crippen LogP contribution is 2.44. The SMILES string of the molecule is COc1ccc2nc(N3C(=O)C(=O)C(=C(O)c4ccc(C)cc4)[C@@H]3c3ccccc3)sc2c1. The molecule has 3 aromatic carbocycles. The van der Waals surface area contributed by atoms with Crippen LogP contribution < -0.4 is 9.64 Å². The molecule has 2 heterocycles. The van der Waals surface area contributed by atoms with Crippen molar-refractivity contribution in [2.45, 2.75) is 13.0 Å². The van der Waals surface area contributed by atoms with Crippen LogP contribution in [0, 0.1) is 6.92 Å². The van der Waals surface area contributed by atoms with Crippen LogP contribution in [-0.4, -0.2) is 28.9 Å². The van der Waals surface area contributed by atoms with Crippen molar-refractivity contribution in [1.82, 2.24) is 4.98 Å². The minimum absolute atomic E-state index is 0.0480. The number of aliphatic hydroxyl groups excluding tert-OH is 1. The number of ether oxygens (including phenoxy) is 1. The Morgan fingerprint density at radius 3 is 2.45 bits per heavy atom. The van der Waals surface area contributed by atoms with E-state index in [4.69, 9.17) is 4.74 Å². The summed E-state index contributed by atoms with van der Waals surface area (Å²) in [5, 5.41) is 11.5. The van der Waals surface area contributed by atoms with Gasteiger partial charge in [-0.2, -0.15) is 0 Å². The van der Waals surface area contributed by atoms with Gasteiger partial charge < -0.3 is 9.84 Å². The number of anilines is 1. The van der Waals surface area contributed by atoms with Crippen LogP contribution >= 0.6 is 11.3 Å². The zero-order valence-electron chi connectivity index (χ0n) is 18.0. The summed E-state index contributed by atoms with van der Waals surface area (Å²) >= 11 is 1.30. The van der Waals surface area contributed by atoms with Crippen molar-refractivity contribution in [3.05, 3.63) is 95.1 Å². The molecule has 0 radical (unpaired) electrons. The minimum atomic E-state index is -0.796. The Labute approximate surface area is 194 Å². The smallest absolute Gasteiger partial charge is 0.301 e. The zero-order chi connectivity index (χ0) is 23.1. The van der Waals surface area contributed by atoms with Gasteiger partial charge in [-0.05, 0) is 30.7 Å². The van der Waals surface area contributed by atoms with Crippen molar-refractivity contribution >= 4 is 44.1 Å². The van der Waals surface area contributed by atoms with Gasteiger partial charge in [0, 0.05) is 5.56 Å². The highest BCUT2D eigenvalue weighted by atomic mass is 32.1. The van der Waals surface area contributed by atoms with E-state index in [1.165, 1.54) is 16.2 Å². The lowest BCUT2D eigenvalue weighted by molar-refractivity contribution is -0.132. The molecule has 0 aliphatic carbocycles.